The molecule has 0 saturated heterocycles. The van der Waals surface area contributed by atoms with Gasteiger partial charge in [-0.1, -0.05) is 57.3 Å². The molecule has 2 aromatic rings. The number of hydrogen-bond acceptors (Lipinski definition) is 0. The average Bonchev–Trinajstić information content (AvgIpc) is 2.34. The molecule has 0 aromatic heterocycles. The second-order valence-electron chi connectivity index (χ2n) is 4.37. The van der Waals surface area contributed by atoms with E-state index in [1.807, 2.05) is 30.3 Å². The molecule has 0 radical (unpaired) electrons. The van der Waals surface area contributed by atoms with E-state index in [9.17, 15) is 0 Å². The van der Waals surface area contributed by atoms with Gasteiger partial charge >= 0.3 is 0 Å². The van der Waals surface area contributed by atoms with Crippen molar-refractivity contribution in [1.82, 2.24) is 0 Å². The van der Waals surface area contributed by atoms with Crippen LogP contribution in [-0.4, -0.2) is 0 Å². The van der Waals surface area contributed by atoms with Crippen LogP contribution in [0.2, 0.25) is 10.0 Å². The van der Waals surface area contributed by atoms with Gasteiger partial charge in [0.15, 0.2) is 0 Å². The second-order valence-corrected chi connectivity index (χ2v) is 6.13. The molecule has 0 amide bonds. The smallest absolute Gasteiger partial charge is 0.0659 e. The molecule has 3 heteroatoms. The highest BCUT2D eigenvalue weighted by molar-refractivity contribution is 9.09. The van der Waals surface area contributed by atoms with E-state index in [1.165, 1.54) is 11.1 Å². The van der Waals surface area contributed by atoms with Gasteiger partial charge in [0.1, 0.15) is 0 Å². The Balaban J connectivity index is 2.42. The third kappa shape index (κ3) is 2.90. The summed E-state index contributed by atoms with van der Waals surface area (Å²) in [6.45, 7) is 4.16. The van der Waals surface area contributed by atoms with Crippen LogP contribution in [0.5, 0.6) is 0 Å². The minimum atomic E-state index is 0.0848. The van der Waals surface area contributed by atoms with Crippen LogP contribution in [0.25, 0.3) is 0 Å². The van der Waals surface area contributed by atoms with Crippen molar-refractivity contribution in [2.24, 2.45) is 0 Å². The maximum atomic E-state index is 6.32. The van der Waals surface area contributed by atoms with E-state index in [1.54, 1.807) is 0 Å². The third-order valence-corrected chi connectivity index (χ3v) is 4.65. The van der Waals surface area contributed by atoms with Crippen LogP contribution in [0.15, 0.2) is 36.4 Å². The lowest BCUT2D eigenvalue weighted by atomic mass is 10.0. The highest BCUT2D eigenvalue weighted by Crippen LogP contribution is 2.36. The van der Waals surface area contributed by atoms with Crippen LogP contribution < -0.4 is 0 Å². The van der Waals surface area contributed by atoms with Gasteiger partial charge in [-0.15, -0.1) is 0 Å². The summed E-state index contributed by atoms with van der Waals surface area (Å²) in [4.78, 5) is 0.0848. The standard InChI is InChI=1S/C15H13BrCl2/c1-9-7-13(14(18)8-10(9)2)15(16)11-3-5-12(17)6-4-11/h3-8,15H,1-2H3. The van der Waals surface area contributed by atoms with Crippen LogP contribution in [0.4, 0.5) is 0 Å². The largest absolute Gasteiger partial charge is 0.0843 e. The van der Waals surface area contributed by atoms with E-state index in [0.29, 0.717) is 0 Å². The maximum Gasteiger partial charge on any atom is 0.0659 e. The summed E-state index contributed by atoms with van der Waals surface area (Å²) in [5, 5.41) is 1.53. The lowest BCUT2D eigenvalue weighted by Gasteiger charge is -2.15. The van der Waals surface area contributed by atoms with Crippen molar-refractivity contribution in [3.8, 4) is 0 Å². The SMILES string of the molecule is Cc1cc(Cl)c(C(Br)c2ccc(Cl)cc2)cc1C. The van der Waals surface area contributed by atoms with Gasteiger partial charge in [-0.2, -0.15) is 0 Å². The number of aryl methyl sites for hydroxylation is 2. The van der Waals surface area contributed by atoms with E-state index in [4.69, 9.17) is 23.2 Å². The monoisotopic (exact) mass is 342 g/mol. The predicted octanol–water partition coefficient (Wildman–Crippen LogP) is 6.09. The molecule has 94 valence electrons. The van der Waals surface area contributed by atoms with Gasteiger partial charge in [0, 0.05) is 10.0 Å². The van der Waals surface area contributed by atoms with Gasteiger partial charge < -0.3 is 0 Å². The first-order valence-corrected chi connectivity index (χ1v) is 7.32. The zero-order valence-corrected chi connectivity index (χ0v) is 13.3. The molecule has 2 aromatic carbocycles. The molecule has 0 aliphatic carbocycles. The highest BCUT2D eigenvalue weighted by Gasteiger charge is 2.14. The summed E-state index contributed by atoms with van der Waals surface area (Å²) in [5.41, 5.74) is 4.68. The molecule has 0 fully saturated rings. The molecule has 0 heterocycles. The minimum absolute atomic E-state index is 0.0848. The Morgan fingerprint density at radius 2 is 1.50 bits per heavy atom. The molecule has 1 atom stereocenters. The number of rotatable bonds is 2. The molecule has 2 rings (SSSR count). The first-order valence-electron chi connectivity index (χ1n) is 5.65. The number of hydrogen-bond donors (Lipinski definition) is 0. The van der Waals surface area contributed by atoms with E-state index in [0.717, 1.165) is 21.2 Å². The van der Waals surface area contributed by atoms with E-state index in [-0.39, 0.29) is 4.83 Å². The van der Waals surface area contributed by atoms with Gasteiger partial charge in [0.2, 0.25) is 0 Å². The van der Waals surface area contributed by atoms with Crippen LogP contribution in [0.1, 0.15) is 27.1 Å². The Morgan fingerprint density at radius 3 is 2.11 bits per heavy atom. The van der Waals surface area contributed by atoms with Crippen LogP contribution in [0.3, 0.4) is 0 Å². The molecule has 0 saturated carbocycles. The molecule has 0 bridgehead atoms. The number of benzene rings is 2. The fraction of sp³-hybridized carbons (Fsp3) is 0.200. The molecule has 0 aliphatic heterocycles. The summed E-state index contributed by atoms with van der Waals surface area (Å²) < 4.78 is 0. The Morgan fingerprint density at radius 1 is 0.944 bits per heavy atom. The zero-order valence-electron chi connectivity index (χ0n) is 10.2. The Kier molecular flexibility index (Phi) is 4.37. The Labute approximate surface area is 126 Å². The minimum Gasteiger partial charge on any atom is -0.0843 e. The molecule has 0 nitrogen and oxygen atoms in total. The van der Waals surface area contributed by atoms with Crippen molar-refractivity contribution in [1.29, 1.82) is 0 Å². The normalized spacial score (nSPS) is 12.5. The number of alkyl halides is 1. The van der Waals surface area contributed by atoms with Gasteiger partial charge in [0.25, 0.3) is 0 Å². The van der Waals surface area contributed by atoms with Gasteiger partial charge in [-0.25, -0.2) is 0 Å². The zero-order chi connectivity index (χ0) is 13.3. The first kappa shape index (κ1) is 13.9. The summed E-state index contributed by atoms with van der Waals surface area (Å²) in [6, 6.07) is 11.9. The quantitative estimate of drug-likeness (QED) is 0.578. The third-order valence-electron chi connectivity index (χ3n) is 3.05. The van der Waals surface area contributed by atoms with Crippen molar-refractivity contribution >= 4 is 39.1 Å². The lowest BCUT2D eigenvalue weighted by Crippen LogP contribution is -1.96. The molecule has 0 spiro atoms. The van der Waals surface area contributed by atoms with Crippen LogP contribution >= 0.6 is 39.1 Å². The predicted molar refractivity (Wildman–Crippen MR) is 83.1 cm³/mol. The summed E-state index contributed by atoms with van der Waals surface area (Å²) >= 11 is 15.9. The molecule has 18 heavy (non-hydrogen) atoms. The number of halogens is 3. The van der Waals surface area contributed by atoms with Gasteiger partial charge in [0.05, 0.1) is 4.83 Å². The summed E-state index contributed by atoms with van der Waals surface area (Å²) in [7, 11) is 0. The molecular weight excluding hydrogens is 331 g/mol. The fourth-order valence-electron chi connectivity index (χ4n) is 1.81. The van der Waals surface area contributed by atoms with Crippen molar-refractivity contribution < 1.29 is 0 Å². The fourth-order valence-corrected chi connectivity index (χ4v) is 3.08. The highest BCUT2D eigenvalue weighted by atomic mass is 79.9. The first-order chi connectivity index (χ1) is 8.49. The maximum absolute atomic E-state index is 6.32. The molecule has 0 aliphatic rings. The van der Waals surface area contributed by atoms with Crippen molar-refractivity contribution in [2.45, 2.75) is 18.7 Å². The van der Waals surface area contributed by atoms with Crippen molar-refractivity contribution in [2.75, 3.05) is 0 Å². The average molecular weight is 344 g/mol. The second kappa shape index (κ2) is 5.64. The van der Waals surface area contributed by atoms with E-state index >= 15 is 0 Å². The van der Waals surface area contributed by atoms with Gasteiger partial charge in [-0.3, -0.25) is 0 Å². The van der Waals surface area contributed by atoms with Crippen LogP contribution in [-0.2, 0) is 0 Å². The van der Waals surface area contributed by atoms with E-state index < -0.39 is 0 Å². The molecule has 0 N–H and O–H groups in total. The van der Waals surface area contributed by atoms with Gasteiger partial charge in [-0.05, 0) is 54.3 Å². The molecule has 1 unspecified atom stereocenters. The molecular formula is C15H13BrCl2. The Bertz CT molecular complexity index is 561. The van der Waals surface area contributed by atoms with Crippen molar-refractivity contribution in [3.63, 3.8) is 0 Å². The van der Waals surface area contributed by atoms with Crippen molar-refractivity contribution in [3.05, 3.63) is 68.7 Å². The van der Waals surface area contributed by atoms with Crippen LogP contribution in [0, 0.1) is 13.8 Å². The topological polar surface area (TPSA) is 0 Å². The van der Waals surface area contributed by atoms with E-state index in [2.05, 4.69) is 35.8 Å². The lowest BCUT2D eigenvalue weighted by molar-refractivity contribution is 1.16. The Hall–Kier alpha value is -0.500. The summed E-state index contributed by atoms with van der Waals surface area (Å²) in [6.07, 6.45) is 0. The summed E-state index contributed by atoms with van der Waals surface area (Å²) in [5.74, 6) is 0.